The highest BCUT2D eigenvalue weighted by Gasteiger charge is 2.19. The number of aromatic nitrogens is 3. The molecule has 0 radical (unpaired) electrons. The zero-order valence-electron chi connectivity index (χ0n) is 17.4. The van der Waals surface area contributed by atoms with E-state index in [1.54, 1.807) is 54.1 Å². The summed E-state index contributed by atoms with van der Waals surface area (Å²) in [6.07, 6.45) is 0. The number of carbonyl (C=O) groups excluding carboxylic acids is 1. The van der Waals surface area contributed by atoms with Crippen molar-refractivity contribution in [3.63, 3.8) is 0 Å². The second kappa shape index (κ2) is 9.97. The summed E-state index contributed by atoms with van der Waals surface area (Å²) >= 11 is 2.67. The first-order valence-electron chi connectivity index (χ1n) is 9.73. The van der Waals surface area contributed by atoms with Crippen molar-refractivity contribution in [2.24, 2.45) is 0 Å². The summed E-state index contributed by atoms with van der Waals surface area (Å²) in [5, 5.41) is 8.83. The third-order valence-electron chi connectivity index (χ3n) is 4.57. The standard InChI is InChI=1S/C23H20FN3O3S2/c1-15-7-12-21(32-15)20(28)14-31-23-26-25-22(27(23)19-6-4-3-5-18(19)24)13-30-17-10-8-16(29-2)9-11-17/h3-12H,13-14H2,1-2H3. The van der Waals surface area contributed by atoms with Gasteiger partial charge in [0.25, 0.3) is 0 Å². The molecular weight excluding hydrogens is 449 g/mol. The van der Waals surface area contributed by atoms with Gasteiger partial charge in [0.05, 0.1) is 23.4 Å². The van der Waals surface area contributed by atoms with Crippen LogP contribution in [0.1, 0.15) is 20.4 Å². The van der Waals surface area contributed by atoms with Crippen molar-refractivity contribution < 1.29 is 18.7 Å². The maximum atomic E-state index is 14.6. The SMILES string of the molecule is COc1ccc(OCc2nnc(SCC(=O)c3ccc(C)s3)n2-c2ccccc2F)cc1. The predicted molar refractivity (Wildman–Crippen MR) is 123 cm³/mol. The van der Waals surface area contributed by atoms with Crippen molar-refractivity contribution in [1.29, 1.82) is 0 Å². The Labute approximate surface area is 193 Å². The maximum Gasteiger partial charge on any atom is 0.196 e. The van der Waals surface area contributed by atoms with Gasteiger partial charge in [-0.25, -0.2) is 4.39 Å². The zero-order chi connectivity index (χ0) is 22.5. The van der Waals surface area contributed by atoms with Gasteiger partial charge in [0.15, 0.2) is 16.8 Å². The van der Waals surface area contributed by atoms with E-state index in [2.05, 4.69) is 10.2 Å². The number of hydrogen-bond donors (Lipinski definition) is 0. The van der Waals surface area contributed by atoms with E-state index >= 15 is 0 Å². The van der Waals surface area contributed by atoms with Crippen LogP contribution in [0.15, 0.2) is 65.8 Å². The largest absolute Gasteiger partial charge is 0.497 e. The molecule has 6 nitrogen and oxygen atoms in total. The van der Waals surface area contributed by atoms with Crippen molar-refractivity contribution >= 4 is 28.9 Å². The van der Waals surface area contributed by atoms with E-state index < -0.39 is 5.82 Å². The molecule has 2 heterocycles. The van der Waals surface area contributed by atoms with Gasteiger partial charge < -0.3 is 9.47 Å². The minimum Gasteiger partial charge on any atom is -0.497 e. The maximum absolute atomic E-state index is 14.6. The monoisotopic (exact) mass is 469 g/mol. The molecule has 2 aromatic heterocycles. The topological polar surface area (TPSA) is 66.2 Å². The number of aryl methyl sites for hydroxylation is 1. The first kappa shape index (κ1) is 22.0. The van der Waals surface area contributed by atoms with Crippen molar-refractivity contribution in [1.82, 2.24) is 14.8 Å². The lowest BCUT2D eigenvalue weighted by Crippen LogP contribution is -2.09. The van der Waals surface area contributed by atoms with Crippen LogP contribution in [0.4, 0.5) is 4.39 Å². The molecule has 2 aromatic carbocycles. The number of thioether (sulfide) groups is 1. The Hall–Kier alpha value is -3.17. The lowest BCUT2D eigenvalue weighted by Gasteiger charge is -2.12. The van der Waals surface area contributed by atoms with Gasteiger partial charge in [-0.1, -0.05) is 23.9 Å². The molecule has 4 rings (SSSR count). The molecule has 0 atom stereocenters. The molecule has 0 fully saturated rings. The summed E-state index contributed by atoms with van der Waals surface area (Å²) in [4.78, 5) is 14.3. The van der Waals surface area contributed by atoms with Crippen LogP contribution in [0.2, 0.25) is 0 Å². The number of ether oxygens (including phenoxy) is 2. The van der Waals surface area contributed by atoms with E-state index in [1.807, 2.05) is 19.1 Å². The number of nitrogens with zero attached hydrogens (tertiary/aromatic N) is 3. The van der Waals surface area contributed by atoms with E-state index in [0.717, 1.165) is 10.6 Å². The first-order valence-corrected chi connectivity index (χ1v) is 11.5. The molecule has 0 aliphatic heterocycles. The van der Waals surface area contributed by atoms with Gasteiger partial charge in [0, 0.05) is 4.88 Å². The zero-order valence-corrected chi connectivity index (χ0v) is 19.1. The number of benzene rings is 2. The molecule has 0 unspecified atom stereocenters. The van der Waals surface area contributed by atoms with Gasteiger partial charge in [0.2, 0.25) is 0 Å². The van der Waals surface area contributed by atoms with Crippen LogP contribution in [-0.2, 0) is 6.61 Å². The van der Waals surface area contributed by atoms with Crippen molar-refractivity contribution in [2.75, 3.05) is 12.9 Å². The summed E-state index contributed by atoms with van der Waals surface area (Å²) in [5.74, 6) is 1.51. The van der Waals surface area contributed by atoms with E-state index in [0.29, 0.717) is 27.3 Å². The number of thiophene rings is 1. The number of methoxy groups -OCH3 is 1. The summed E-state index contributed by atoms with van der Waals surface area (Å²) in [5.41, 5.74) is 0.299. The van der Waals surface area contributed by atoms with Crippen LogP contribution in [-0.4, -0.2) is 33.4 Å². The molecule has 0 saturated heterocycles. The molecule has 32 heavy (non-hydrogen) atoms. The van der Waals surface area contributed by atoms with Gasteiger partial charge in [-0.15, -0.1) is 21.5 Å². The number of rotatable bonds is 9. The highest BCUT2D eigenvalue weighted by atomic mass is 32.2. The Balaban J connectivity index is 1.56. The molecule has 0 bridgehead atoms. The summed E-state index contributed by atoms with van der Waals surface area (Å²) in [6.45, 7) is 2.03. The lowest BCUT2D eigenvalue weighted by atomic mass is 10.3. The Bertz CT molecular complexity index is 1220. The summed E-state index contributed by atoms with van der Waals surface area (Å²) in [7, 11) is 1.59. The van der Waals surface area contributed by atoms with Gasteiger partial charge in [-0.2, -0.15) is 0 Å². The van der Waals surface area contributed by atoms with Crippen LogP contribution < -0.4 is 9.47 Å². The van der Waals surface area contributed by atoms with Crippen LogP contribution in [0.25, 0.3) is 5.69 Å². The molecule has 0 saturated carbocycles. The molecule has 4 aromatic rings. The number of Topliss-reactive ketones (excluding diaryl/α,β-unsaturated/α-hetero) is 1. The fourth-order valence-electron chi connectivity index (χ4n) is 2.97. The molecule has 0 N–H and O–H groups in total. The smallest absolute Gasteiger partial charge is 0.196 e. The Kier molecular flexibility index (Phi) is 6.87. The van der Waals surface area contributed by atoms with E-state index in [-0.39, 0.29) is 18.1 Å². The second-order valence-corrected chi connectivity index (χ2v) is 9.00. The molecule has 0 amide bonds. The normalized spacial score (nSPS) is 10.8. The van der Waals surface area contributed by atoms with Gasteiger partial charge in [-0.05, 0) is 55.5 Å². The van der Waals surface area contributed by atoms with Gasteiger partial charge in [-0.3, -0.25) is 9.36 Å². The van der Waals surface area contributed by atoms with E-state index in [9.17, 15) is 9.18 Å². The Morgan fingerprint density at radius 3 is 2.50 bits per heavy atom. The molecular formula is C23H20FN3O3S2. The Morgan fingerprint density at radius 1 is 1.06 bits per heavy atom. The molecule has 9 heteroatoms. The minimum absolute atomic E-state index is 0.00721. The van der Waals surface area contributed by atoms with Crippen LogP contribution >= 0.6 is 23.1 Å². The summed E-state index contributed by atoms with van der Waals surface area (Å²) < 4.78 is 27.2. The Morgan fingerprint density at radius 2 is 1.81 bits per heavy atom. The third kappa shape index (κ3) is 5.00. The number of halogens is 1. The highest BCUT2D eigenvalue weighted by Crippen LogP contribution is 2.27. The number of ketones is 1. The fraction of sp³-hybridized carbons (Fsp3) is 0.174. The average molecular weight is 470 g/mol. The quantitative estimate of drug-likeness (QED) is 0.244. The number of carbonyl (C=O) groups is 1. The fourth-order valence-corrected chi connectivity index (χ4v) is 4.71. The van der Waals surface area contributed by atoms with Crippen molar-refractivity contribution in [2.45, 2.75) is 18.7 Å². The third-order valence-corrected chi connectivity index (χ3v) is 6.54. The summed E-state index contributed by atoms with van der Waals surface area (Å²) in [6, 6.07) is 17.2. The molecule has 0 aliphatic carbocycles. The van der Waals surface area contributed by atoms with Gasteiger partial charge >= 0.3 is 0 Å². The van der Waals surface area contributed by atoms with Crippen molar-refractivity contribution in [3.05, 3.63) is 82.1 Å². The highest BCUT2D eigenvalue weighted by molar-refractivity contribution is 7.99. The van der Waals surface area contributed by atoms with Gasteiger partial charge in [0.1, 0.15) is 23.9 Å². The van der Waals surface area contributed by atoms with E-state index in [1.165, 1.54) is 29.2 Å². The molecule has 0 aliphatic rings. The van der Waals surface area contributed by atoms with Crippen LogP contribution in [0, 0.1) is 12.7 Å². The predicted octanol–water partition coefficient (Wildman–Crippen LogP) is 5.34. The van der Waals surface area contributed by atoms with Crippen molar-refractivity contribution in [3.8, 4) is 17.2 Å². The van der Waals surface area contributed by atoms with Crippen LogP contribution in [0.3, 0.4) is 0 Å². The number of para-hydroxylation sites is 1. The lowest BCUT2D eigenvalue weighted by molar-refractivity contribution is 0.102. The number of hydrogen-bond acceptors (Lipinski definition) is 7. The average Bonchev–Trinajstić information content (AvgIpc) is 3.43. The minimum atomic E-state index is -0.417. The second-order valence-electron chi connectivity index (χ2n) is 6.77. The first-order chi connectivity index (χ1) is 15.5. The van der Waals surface area contributed by atoms with E-state index in [4.69, 9.17) is 9.47 Å². The molecule has 164 valence electrons. The molecule has 0 spiro atoms. The van der Waals surface area contributed by atoms with Crippen LogP contribution in [0.5, 0.6) is 11.5 Å².